The number of carbonyl (C=O) groups excluding carboxylic acids is 4. The normalized spacial score (nSPS) is 12.7. The maximum Gasteiger partial charge on any atom is 0.306 e. The maximum atomic E-state index is 12.8. The SMILES string of the molecule is O=C(COC(=O)CCCN1C(=O)c2cccc3cccc(c23)C1=O)NCCc1ccccc1. The predicted octanol–water partition coefficient (Wildman–Crippen LogP) is 3.12. The van der Waals surface area contributed by atoms with E-state index >= 15 is 0 Å². The van der Waals surface area contributed by atoms with Gasteiger partial charge in [-0.1, -0.05) is 54.6 Å². The Balaban J connectivity index is 1.22. The van der Waals surface area contributed by atoms with E-state index in [0.717, 1.165) is 10.9 Å². The van der Waals surface area contributed by atoms with Gasteiger partial charge in [-0.05, 0) is 35.9 Å². The van der Waals surface area contributed by atoms with E-state index in [1.165, 1.54) is 4.90 Å². The molecule has 168 valence electrons. The molecule has 33 heavy (non-hydrogen) atoms. The fraction of sp³-hybridized carbons (Fsp3) is 0.231. The van der Waals surface area contributed by atoms with Crippen LogP contribution in [0, 0.1) is 0 Å². The van der Waals surface area contributed by atoms with Gasteiger partial charge in [0.25, 0.3) is 17.7 Å². The smallest absolute Gasteiger partial charge is 0.306 e. The van der Waals surface area contributed by atoms with Crippen molar-refractivity contribution >= 4 is 34.5 Å². The van der Waals surface area contributed by atoms with Gasteiger partial charge in [0, 0.05) is 36.0 Å². The first-order valence-electron chi connectivity index (χ1n) is 10.9. The number of amides is 3. The molecule has 0 aliphatic carbocycles. The van der Waals surface area contributed by atoms with Crippen LogP contribution in [0.2, 0.25) is 0 Å². The van der Waals surface area contributed by atoms with Crippen molar-refractivity contribution in [3.05, 3.63) is 83.4 Å². The van der Waals surface area contributed by atoms with E-state index in [1.807, 2.05) is 42.5 Å². The van der Waals surface area contributed by atoms with Crippen molar-refractivity contribution in [1.29, 1.82) is 0 Å². The number of hydrogen-bond donors (Lipinski definition) is 1. The summed E-state index contributed by atoms with van der Waals surface area (Å²) >= 11 is 0. The standard InChI is InChI=1S/C26H24N2O5/c29-22(27-15-14-18-7-2-1-3-8-18)17-33-23(30)13-6-16-28-25(31)20-11-4-9-19-10-5-12-21(24(19)20)26(28)32/h1-5,7-12H,6,13-17H2,(H,27,29). The highest BCUT2D eigenvalue weighted by Crippen LogP contribution is 2.30. The number of benzene rings is 3. The number of imide groups is 1. The van der Waals surface area contributed by atoms with E-state index in [4.69, 9.17) is 4.74 Å². The molecule has 3 aromatic carbocycles. The molecule has 3 amide bonds. The monoisotopic (exact) mass is 444 g/mol. The van der Waals surface area contributed by atoms with Gasteiger partial charge in [-0.2, -0.15) is 0 Å². The first kappa shape index (κ1) is 22.2. The van der Waals surface area contributed by atoms with E-state index in [-0.39, 0.29) is 43.7 Å². The van der Waals surface area contributed by atoms with Crippen LogP contribution in [-0.2, 0) is 20.7 Å². The fourth-order valence-electron chi connectivity index (χ4n) is 3.93. The summed E-state index contributed by atoms with van der Waals surface area (Å²) in [7, 11) is 0. The third-order valence-corrected chi connectivity index (χ3v) is 5.56. The van der Waals surface area contributed by atoms with Crippen molar-refractivity contribution < 1.29 is 23.9 Å². The molecule has 4 rings (SSSR count). The fourth-order valence-corrected chi connectivity index (χ4v) is 3.93. The van der Waals surface area contributed by atoms with Crippen LogP contribution in [0.4, 0.5) is 0 Å². The molecule has 1 N–H and O–H groups in total. The lowest BCUT2D eigenvalue weighted by molar-refractivity contribution is -0.148. The number of nitrogens with zero attached hydrogens (tertiary/aromatic N) is 1. The van der Waals surface area contributed by atoms with Crippen molar-refractivity contribution in [2.24, 2.45) is 0 Å². The van der Waals surface area contributed by atoms with E-state index in [9.17, 15) is 19.2 Å². The summed E-state index contributed by atoms with van der Waals surface area (Å²) in [6, 6.07) is 20.5. The summed E-state index contributed by atoms with van der Waals surface area (Å²) in [4.78, 5) is 50.7. The van der Waals surface area contributed by atoms with Gasteiger partial charge >= 0.3 is 5.97 Å². The summed E-state index contributed by atoms with van der Waals surface area (Å²) in [6.07, 6.45) is 0.944. The molecule has 0 aromatic heterocycles. The van der Waals surface area contributed by atoms with Gasteiger partial charge in [0.05, 0.1) is 0 Å². The summed E-state index contributed by atoms with van der Waals surface area (Å²) in [5.74, 6) is -1.65. The molecule has 0 unspecified atom stereocenters. The molecule has 0 fully saturated rings. The molecule has 0 radical (unpaired) electrons. The van der Waals surface area contributed by atoms with Crippen molar-refractivity contribution in [2.75, 3.05) is 19.7 Å². The van der Waals surface area contributed by atoms with Gasteiger partial charge in [0.15, 0.2) is 6.61 Å². The van der Waals surface area contributed by atoms with E-state index in [1.54, 1.807) is 24.3 Å². The molecular formula is C26H24N2O5. The van der Waals surface area contributed by atoms with Gasteiger partial charge in [-0.25, -0.2) is 0 Å². The summed E-state index contributed by atoms with van der Waals surface area (Å²) in [5.41, 5.74) is 2.07. The number of ether oxygens (including phenoxy) is 1. The Morgan fingerprint density at radius 2 is 1.52 bits per heavy atom. The molecule has 0 atom stereocenters. The zero-order valence-corrected chi connectivity index (χ0v) is 18.1. The molecule has 7 heteroatoms. The zero-order valence-electron chi connectivity index (χ0n) is 18.1. The third kappa shape index (κ3) is 5.09. The second-order valence-electron chi connectivity index (χ2n) is 7.82. The Hall–Kier alpha value is -4.00. The first-order chi connectivity index (χ1) is 16.0. The number of esters is 1. The van der Waals surface area contributed by atoms with Crippen LogP contribution >= 0.6 is 0 Å². The van der Waals surface area contributed by atoms with Crippen LogP contribution in [0.1, 0.15) is 39.1 Å². The Morgan fingerprint density at radius 3 is 2.18 bits per heavy atom. The minimum absolute atomic E-state index is 0.000201. The number of nitrogens with one attached hydrogen (secondary N) is 1. The number of rotatable bonds is 9. The molecule has 0 saturated carbocycles. The summed E-state index contributed by atoms with van der Waals surface area (Å²) in [6.45, 7) is 0.194. The lowest BCUT2D eigenvalue weighted by atomic mass is 9.94. The average molecular weight is 444 g/mol. The molecule has 0 spiro atoms. The van der Waals surface area contributed by atoms with Gasteiger partial charge in [0.2, 0.25) is 0 Å². The van der Waals surface area contributed by atoms with Crippen LogP contribution in [-0.4, -0.2) is 48.3 Å². The molecule has 1 heterocycles. The van der Waals surface area contributed by atoms with Crippen molar-refractivity contribution in [2.45, 2.75) is 19.3 Å². The highest BCUT2D eigenvalue weighted by molar-refractivity contribution is 6.25. The molecular weight excluding hydrogens is 420 g/mol. The van der Waals surface area contributed by atoms with Crippen LogP contribution in [0.3, 0.4) is 0 Å². The largest absolute Gasteiger partial charge is 0.456 e. The second-order valence-corrected chi connectivity index (χ2v) is 7.82. The van der Waals surface area contributed by atoms with Gasteiger partial charge in [0.1, 0.15) is 0 Å². The van der Waals surface area contributed by atoms with Gasteiger partial charge in [-0.15, -0.1) is 0 Å². The van der Waals surface area contributed by atoms with Crippen molar-refractivity contribution in [3.8, 4) is 0 Å². The van der Waals surface area contributed by atoms with Crippen LogP contribution in [0.5, 0.6) is 0 Å². The predicted molar refractivity (Wildman–Crippen MR) is 123 cm³/mol. The molecule has 0 bridgehead atoms. The quantitative estimate of drug-likeness (QED) is 0.404. The number of carbonyl (C=O) groups is 4. The summed E-state index contributed by atoms with van der Waals surface area (Å²) in [5, 5.41) is 4.23. The average Bonchev–Trinajstić information content (AvgIpc) is 2.84. The van der Waals surface area contributed by atoms with E-state index < -0.39 is 5.97 Å². The zero-order chi connectivity index (χ0) is 23.2. The number of hydrogen-bond acceptors (Lipinski definition) is 5. The maximum absolute atomic E-state index is 12.8. The molecule has 3 aromatic rings. The van der Waals surface area contributed by atoms with Gasteiger partial charge in [-0.3, -0.25) is 24.1 Å². The summed E-state index contributed by atoms with van der Waals surface area (Å²) < 4.78 is 5.01. The lowest BCUT2D eigenvalue weighted by Gasteiger charge is -2.27. The van der Waals surface area contributed by atoms with Crippen molar-refractivity contribution in [3.63, 3.8) is 0 Å². The van der Waals surface area contributed by atoms with E-state index in [2.05, 4.69) is 5.32 Å². The highest BCUT2D eigenvalue weighted by Gasteiger charge is 2.32. The molecule has 1 aliphatic rings. The molecule has 1 aliphatic heterocycles. The molecule has 7 nitrogen and oxygen atoms in total. The Bertz CT molecular complexity index is 1160. The Kier molecular flexibility index (Phi) is 6.78. The Labute approximate surface area is 191 Å². The Morgan fingerprint density at radius 1 is 0.848 bits per heavy atom. The minimum Gasteiger partial charge on any atom is -0.456 e. The van der Waals surface area contributed by atoms with E-state index in [0.29, 0.717) is 29.5 Å². The van der Waals surface area contributed by atoms with Gasteiger partial charge < -0.3 is 10.1 Å². The third-order valence-electron chi connectivity index (χ3n) is 5.56. The molecule has 0 saturated heterocycles. The van der Waals surface area contributed by atoms with Crippen LogP contribution < -0.4 is 5.32 Å². The van der Waals surface area contributed by atoms with Crippen LogP contribution in [0.25, 0.3) is 10.8 Å². The second kappa shape index (κ2) is 10.1. The van der Waals surface area contributed by atoms with Crippen LogP contribution in [0.15, 0.2) is 66.7 Å². The lowest BCUT2D eigenvalue weighted by Crippen LogP contribution is -2.41. The first-order valence-corrected chi connectivity index (χ1v) is 10.9. The minimum atomic E-state index is -0.549. The topological polar surface area (TPSA) is 92.8 Å². The van der Waals surface area contributed by atoms with Crippen molar-refractivity contribution in [1.82, 2.24) is 10.2 Å². The highest BCUT2D eigenvalue weighted by atomic mass is 16.5.